The minimum absolute atomic E-state index is 0.0124. The number of nitrogens with one attached hydrogen (secondary N) is 1. The first-order chi connectivity index (χ1) is 11.9. The van der Waals surface area contributed by atoms with Gasteiger partial charge in [0, 0.05) is 22.8 Å². The van der Waals surface area contributed by atoms with E-state index in [1.807, 2.05) is 13.8 Å². The van der Waals surface area contributed by atoms with Crippen LogP contribution >= 0.6 is 0 Å². The van der Waals surface area contributed by atoms with Crippen LogP contribution in [0.1, 0.15) is 46.8 Å². The minimum Gasteiger partial charge on any atom is -0.288 e. The number of carbonyl (C=O) groups excluding carboxylic acids is 2. The second-order valence-electron chi connectivity index (χ2n) is 6.12. The van der Waals surface area contributed by atoms with Crippen molar-refractivity contribution < 1.29 is 14.5 Å². The van der Waals surface area contributed by atoms with E-state index in [1.54, 1.807) is 42.5 Å². The largest absolute Gasteiger partial charge is 0.288 e. The van der Waals surface area contributed by atoms with Gasteiger partial charge in [0.1, 0.15) is 0 Å². The van der Waals surface area contributed by atoms with Gasteiger partial charge in [-0.25, -0.2) is 0 Å². The lowest BCUT2D eigenvalue weighted by atomic mass is 9.92. The predicted molar refractivity (Wildman–Crippen MR) is 94.0 cm³/mol. The van der Waals surface area contributed by atoms with Gasteiger partial charge in [-0.15, -0.1) is 0 Å². The maximum absolute atomic E-state index is 12.2. The zero-order valence-electron chi connectivity index (χ0n) is 13.8. The Kier molecular flexibility index (Phi) is 4.19. The van der Waals surface area contributed by atoms with Gasteiger partial charge in [-0.3, -0.25) is 25.0 Å². The van der Waals surface area contributed by atoms with Crippen LogP contribution < -0.4 is 5.32 Å². The van der Waals surface area contributed by atoms with Crippen LogP contribution in [0.5, 0.6) is 0 Å². The highest BCUT2D eigenvalue weighted by Gasteiger charge is 2.27. The van der Waals surface area contributed by atoms with E-state index in [0.717, 1.165) is 0 Å². The number of benzene rings is 2. The van der Waals surface area contributed by atoms with Crippen LogP contribution in [-0.2, 0) is 4.79 Å². The monoisotopic (exact) mass is 336 g/mol. The van der Waals surface area contributed by atoms with E-state index in [-0.39, 0.29) is 11.6 Å². The lowest BCUT2D eigenvalue weighted by Crippen LogP contribution is -2.36. The van der Waals surface area contributed by atoms with E-state index in [2.05, 4.69) is 5.32 Å². The quantitative estimate of drug-likeness (QED) is 0.402. The number of rotatable bonds is 3. The third-order valence-corrected chi connectivity index (χ3v) is 4.12. The molecule has 6 nitrogen and oxygen atoms in total. The summed E-state index contributed by atoms with van der Waals surface area (Å²) >= 11 is 0. The van der Waals surface area contributed by atoms with Crippen molar-refractivity contribution in [1.82, 2.24) is 5.32 Å². The van der Waals surface area contributed by atoms with Crippen LogP contribution in [0.15, 0.2) is 42.5 Å². The fourth-order valence-corrected chi connectivity index (χ4v) is 2.88. The zero-order valence-corrected chi connectivity index (χ0v) is 13.8. The van der Waals surface area contributed by atoms with Crippen molar-refractivity contribution in [3.8, 4) is 0 Å². The molecule has 0 saturated carbocycles. The Morgan fingerprint density at radius 2 is 1.72 bits per heavy atom. The van der Waals surface area contributed by atoms with Gasteiger partial charge >= 0.3 is 0 Å². The maximum Gasteiger partial charge on any atom is 0.273 e. The summed E-state index contributed by atoms with van der Waals surface area (Å²) in [5.74, 6) is -0.948. The number of nitro groups is 1. The summed E-state index contributed by atoms with van der Waals surface area (Å²) in [6.07, 6.45) is 1.57. The standard InChI is InChI=1S/C19H16N2O4/c1-11(2)13-8-7-12(10-17(13)21(24)25)9-16-14-5-3-4-6-15(14)18(22)20-19(16)23/h3-11H,1-2H3,(H,20,22,23)/b16-9-. The summed E-state index contributed by atoms with van der Waals surface area (Å²) in [6.45, 7) is 3.77. The Balaban J connectivity index is 2.13. The van der Waals surface area contributed by atoms with Crippen LogP contribution in [-0.4, -0.2) is 16.7 Å². The van der Waals surface area contributed by atoms with Crippen molar-refractivity contribution in [2.75, 3.05) is 0 Å². The molecule has 2 aromatic rings. The molecule has 0 radical (unpaired) electrons. The first kappa shape index (κ1) is 16.6. The van der Waals surface area contributed by atoms with Gasteiger partial charge in [0.15, 0.2) is 0 Å². The van der Waals surface area contributed by atoms with Gasteiger partial charge in [0.05, 0.1) is 4.92 Å². The summed E-state index contributed by atoms with van der Waals surface area (Å²) in [6, 6.07) is 11.7. The van der Waals surface area contributed by atoms with E-state index in [1.165, 1.54) is 6.07 Å². The second kappa shape index (κ2) is 6.32. The van der Waals surface area contributed by atoms with Gasteiger partial charge in [0.25, 0.3) is 17.5 Å². The summed E-state index contributed by atoms with van der Waals surface area (Å²) in [5, 5.41) is 13.6. The van der Waals surface area contributed by atoms with Gasteiger partial charge in [0.2, 0.25) is 0 Å². The SMILES string of the molecule is CC(C)c1ccc(/C=C2\C(=O)NC(=O)c3ccccc32)cc1[N+](=O)[O-]. The number of hydrogen-bond donors (Lipinski definition) is 1. The van der Waals surface area contributed by atoms with E-state index in [4.69, 9.17) is 0 Å². The molecule has 1 N–H and O–H groups in total. The highest BCUT2D eigenvalue weighted by molar-refractivity contribution is 6.33. The molecule has 0 atom stereocenters. The van der Waals surface area contributed by atoms with Crippen LogP contribution in [0.3, 0.4) is 0 Å². The second-order valence-corrected chi connectivity index (χ2v) is 6.12. The van der Waals surface area contributed by atoms with Gasteiger partial charge in [-0.2, -0.15) is 0 Å². The van der Waals surface area contributed by atoms with Crippen LogP contribution in [0.25, 0.3) is 11.6 Å². The normalized spacial score (nSPS) is 15.2. The number of carbonyl (C=O) groups is 2. The van der Waals surface area contributed by atoms with Crippen molar-refractivity contribution in [3.05, 3.63) is 74.8 Å². The molecule has 2 aromatic carbocycles. The molecular formula is C19H16N2O4. The highest BCUT2D eigenvalue weighted by atomic mass is 16.6. The van der Waals surface area contributed by atoms with Crippen LogP contribution in [0.4, 0.5) is 5.69 Å². The molecule has 0 aromatic heterocycles. The number of hydrogen-bond acceptors (Lipinski definition) is 4. The fourth-order valence-electron chi connectivity index (χ4n) is 2.88. The number of nitrogens with zero attached hydrogens (tertiary/aromatic N) is 1. The first-order valence-electron chi connectivity index (χ1n) is 7.83. The number of fused-ring (bicyclic) bond motifs is 1. The molecule has 25 heavy (non-hydrogen) atoms. The number of imide groups is 1. The number of nitro benzene ring substituents is 1. The molecule has 2 amide bonds. The molecule has 1 heterocycles. The molecule has 1 aliphatic rings. The molecule has 0 spiro atoms. The average Bonchev–Trinajstić information content (AvgIpc) is 2.58. The lowest BCUT2D eigenvalue weighted by molar-refractivity contribution is -0.385. The maximum atomic E-state index is 12.2. The van der Waals surface area contributed by atoms with Crippen molar-refractivity contribution in [1.29, 1.82) is 0 Å². The zero-order chi connectivity index (χ0) is 18.1. The Hall–Kier alpha value is -3.28. The molecule has 0 unspecified atom stereocenters. The molecule has 6 heteroatoms. The lowest BCUT2D eigenvalue weighted by Gasteiger charge is -2.18. The average molecular weight is 336 g/mol. The Labute approximate surface area is 144 Å². The summed E-state index contributed by atoms with van der Waals surface area (Å²) in [4.78, 5) is 35.1. The van der Waals surface area contributed by atoms with Crippen LogP contribution in [0, 0.1) is 10.1 Å². The molecule has 0 bridgehead atoms. The van der Waals surface area contributed by atoms with Gasteiger partial charge in [-0.05, 0) is 29.2 Å². The van der Waals surface area contributed by atoms with Gasteiger partial charge < -0.3 is 0 Å². The van der Waals surface area contributed by atoms with Gasteiger partial charge in [-0.1, -0.05) is 44.2 Å². The Morgan fingerprint density at radius 1 is 1.04 bits per heavy atom. The predicted octanol–water partition coefficient (Wildman–Crippen LogP) is 3.53. The Bertz CT molecular complexity index is 929. The van der Waals surface area contributed by atoms with Crippen molar-refractivity contribution >= 4 is 29.2 Å². The van der Waals surface area contributed by atoms with E-state index >= 15 is 0 Å². The topological polar surface area (TPSA) is 89.3 Å². The van der Waals surface area contributed by atoms with Crippen LogP contribution in [0.2, 0.25) is 0 Å². The third-order valence-electron chi connectivity index (χ3n) is 4.12. The molecule has 126 valence electrons. The number of amides is 2. The van der Waals surface area contributed by atoms with E-state index in [0.29, 0.717) is 27.8 Å². The smallest absolute Gasteiger partial charge is 0.273 e. The highest BCUT2D eigenvalue weighted by Crippen LogP contribution is 2.30. The first-order valence-corrected chi connectivity index (χ1v) is 7.83. The minimum atomic E-state index is -0.515. The molecule has 0 fully saturated rings. The van der Waals surface area contributed by atoms with E-state index < -0.39 is 16.7 Å². The van der Waals surface area contributed by atoms with Crippen molar-refractivity contribution in [3.63, 3.8) is 0 Å². The molecule has 3 rings (SSSR count). The molecular weight excluding hydrogens is 320 g/mol. The van der Waals surface area contributed by atoms with Crippen molar-refractivity contribution in [2.24, 2.45) is 0 Å². The van der Waals surface area contributed by atoms with Crippen molar-refractivity contribution in [2.45, 2.75) is 19.8 Å². The summed E-state index contributed by atoms with van der Waals surface area (Å²) < 4.78 is 0. The summed E-state index contributed by atoms with van der Waals surface area (Å²) in [5.41, 5.74) is 2.42. The molecule has 1 aliphatic heterocycles. The van der Waals surface area contributed by atoms with E-state index in [9.17, 15) is 19.7 Å². The Morgan fingerprint density at radius 3 is 2.36 bits per heavy atom. The fraction of sp³-hybridized carbons (Fsp3) is 0.158. The third kappa shape index (κ3) is 3.06. The molecule has 0 aliphatic carbocycles. The molecule has 0 saturated heterocycles. The summed E-state index contributed by atoms with van der Waals surface area (Å²) in [7, 11) is 0.